The van der Waals surface area contributed by atoms with Gasteiger partial charge in [0.15, 0.2) is 5.92 Å². The molecule has 23 heavy (non-hydrogen) atoms. The Morgan fingerprint density at radius 2 is 1.61 bits per heavy atom. The molecule has 1 atom stereocenters. The van der Waals surface area contributed by atoms with Gasteiger partial charge in [0.25, 0.3) is 0 Å². The van der Waals surface area contributed by atoms with E-state index in [1.54, 1.807) is 0 Å². The lowest BCUT2D eigenvalue weighted by atomic mass is 9.99. The maximum atomic E-state index is 12.9. The van der Waals surface area contributed by atoms with E-state index in [2.05, 4.69) is 4.74 Å². The van der Waals surface area contributed by atoms with Crippen molar-refractivity contribution in [2.45, 2.75) is 13.0 Å². The summed E-state index contributed by atoms with van der Waals surface area (Å²) in [5.74, 6) is -2.79. The molecule has 0 radical (unpaired) electrons. The topological polar surface area (TPSA) is 52.6 Å². The fraction of sp³-hybridized carbons (Fsp3) is 0.222. The van der Waals surface area contributed by atoms with Gasteiger partial charge in [0.2, 0.25) is 0 Å². The molecule has 0 heterocycles. The van der Waals surface area contributed by atoms with Crippen LogP contribution in [0.3, 0.4) is 0 Å². The largest absolute Gasteiger partial charge is 0.468 e. The quantitative estimate of drug-likeness (QED) is 0.607. The van der Waals surface area contributed by atoms with E-state index in [4.69, 9.17) is 4.74 Å². The molecule has 0 saturated heterocycles. The predicted molar refractivity (Wildman–Crippen MR) is 81.8 cm³/mol. The van der Waals surface area contributed by atoms with E-state index in [-0.39, 0.29) is 18.8 Å². The van der Waals surface area contributed by atoms with Gasteiger partial charge in [-0.15, -0.1) is 0 Å². The predicted octanol–water partition coefficient (Wildman–Crippen LogP) is 2.90. The standard InChI is InChI=1S/C18H17FO4/c1-22-17(20)16(11-13-7-9-15(19)10-8-13)18(21)23-12-14-5-3-2-4-6-14/h2-10,16H,11-12H2,1H3. The molecule has 120 valence electrons. The third-order valence-electron chi connectivity index (χ3n) is 3.35. The average Bonchev–Trinajstić information content (AvgIpc) is 2.59. The SMILES string of the molecule is COC(=O)C(Cc1ccc(F)cc1)C(=O)OCc1ccccc1. The first kappa shape index (κ1) is 16.7. The highest BCUT2D eigenvalue weighted by molar-refractivity contribution is 5.95. The molecule has 2 aromatic rings. The molecule has 0 fully saturated rings. The summed E-state index contributed by atoms with van der Waals surface area (Å²) >= 11 is 0. The molecule has 1 unspecified atom stereocenters. The lowest BCUT2D eigenvalue weighted by molar-refractivity contribution is -0.161. The van der Waals surface area contributed by atoms with Crippen LogP contribution in [0.1, 0.15) is 11.1 Å². The van der Waals surface area contributed by atoms with Crippen LogP contribution in [-0.2, 0) is 32.1 Å². The first-order chi connectivity index (χ1) is 11.1. The molecule has 0 saturated carbocycles. The summed E-state index contributed by atoms with van der Waals surface area (Å²) in [6.45, 7) is 0.0799. The van der Waals surface area contributed by atoms with Gasteiger partial charge in [-0.1, -0.05) is 42.5 Å². The highest BCUT2D eigenvalue weighted by Crippen LogP contribution is 2.14. The summed E-state index contributed by atoms with van der Waals surface area (Å²) in [5.41, 5.74) is 1.48. The summed E-state index contributed by atoms with van der Waals surface area (Å²) in [5, 5.41) is 0. The second kappa shape index (κ2) is 8.08. The van der Waals surface area contributed by atoms with Crippen LogP contribution >= 0.6 is 0 Å². The molecule has 0 aromatic heterocycles. The van der Waals surface area contributed by atoms with Gasteiger partial charge >= 0.3 is 11.9 Å². The van der Waals surface area contributed by atoms with Crippen molar-refractivity contribution in [1.29, 1.82) is 0 Å². The Labute approximate surface area is 133 Å². The molecular weight excluding hydrogens is 299 g/mol. The first-order valence-corrected chi connectivity index (χ1v) is 7.13. The number of hydrogen-bond donors (Lipinski definition) is 0. The zero-order valence-electron chi connectivity index (χ0n) is 12.7. The van der Waals surface area contributed by atoms with Crippen molar-refractivity contribution in [2.24, 2.45) is 5.92 Å². The molecule has 0 N–H and O–H groups in total. The summed E-state index contributed by atoms with van der Waals surface area (Å²) < 4.78 is 22.8. The van der Waals surface area contributed by atoms with Gasteiger partial charge in [-0.25, -0.2) is 4.39 Å². The molecule has 0 aliphatic rings. The van der Waals surface area contributed by atoms with Gasteiger partial charge in [-0.05, 0) is 29.7 Å². The second-order valence-corrected chi connectivity index (χ2v) is 5.00. The first-order valence-electron chi connectivity index (χ1n) is 7.13. The maximum Gasteiger partial charge on any atom is 0.321 e. The average molecular weight is 316 g/mol. The zero-order valence-corrected chi connectivity index (χ0v) is 12.7. The van der Waals surface area contributed by atoms with E-state index in [0.29, 0.717) is 5.56 Å². The molecule has 2 rings (SSSR count). The van der Waals surface area contributed by atoms with Crippen LogP contribution in [0.5, 0.6) is 0 Å². The van der Waals surface area contributed by atoms with Crippen LogP contribution in [0.15, 0.2) is 54.6 Å². The maximum absolute atomic E-state index is 12.9. The van der Waals surface area contributed by atoms with Gasteiger partial charge in [0.05, 0.1) is 7.11 Å². The van der Waals surface area contributed by atoms with Gasteiger partial charge in [-0.2, -0.15) is 0 Å². The van der Waals surface area contributed by atoms with Crippen LogP contribution < -0.4 is 0 Å². The lowest BCUT2D eigenvalue weighted by Crippen LogP contribution is -2.29. The van der Waals surface area contributed by atoms with Crippen molar-refractivity contribution in [2.75, 3.05) is 7.11 Å². The highest BCUT2D eigenvalue weighted by Gasteiger charge is 2.29. The lowest BCUT2D eigenvalue weighted by Gasteiger charge is -2.14. The second-order valence-electron chi connectivity index (χ2n) is 5.00. The number of methoxy groups -OCH3 is 1. The van der Waals surface area contributed by atoms with Gasteiger partial charge in [0, 0.05) is 0 Å². The Bertz CT molecular complexity index is 652. The smallest absolute Gasteiger partial charge is 0.321 e. The molecule has 0 aliphatic heterocycles. The Morgan fingerprint density at radius 1 is 0.957 bits per heavy atom. The van der Waals surface area contributed by atoms with Crippen molar-refractivity contribution in [3.8, 4) is 0 Å². The third kappa shape index (κ3) is 4.92. The van der Waals surface area contributed by atoms with Crippen molar-refractivity contribution in [3.05, 3.63) is 71.5 Å². The minimum absolute atomic E-state index is 0.0799. The molecule has 0 aliphatic carbocycles. The summed E-state index contributed by atoms with van der Waals surface area (Å²) in [7, 11) is 1.21. The normalized spacial score (nSPS) is 11.6. The minimum Gasteiger partial charge on any atom is -0.468 e. The Morgan fingerprint density at radius 3 is 2.22 bits per heavy atom. The summed E-state index contributed by atoms with van der Waals surface area (Å²) in [6, 6.07) is 14.8. The van der Waals surface area contributed by atoms with E-state index < -0.39 is 17.9 Å². The number of carbonyl (C=O) groups is 2. The summed E-state index contributed by atoms with van der Waals surface area (Å²) in [4.78, 5) is 24.0. The van der Waals surface area contributed by atoms with Gasteiger partial charge < -0.3 is 9.47 Å². The Hall–Kier alpha value is -2.69. The zero-order chi connectivity index (χ0) is 16.7. The number of rotatable bonds is 6. The highest BCUT2D eigenvalue weighted by atomic mass is 19.1. The molecule has 5 heteroatoms. The van der Waals surface area contributed by atoms with Crippen LogP contribution in [0.2, 0.25) is 0 Å². The number of hydrogen-bond acceptors (Lipinski definition) is 4. The molecule has 0 amide bonds. The van der Waals surface area contributed by atoms with Crippen molar-refractivity contribution in [1.82, 2.24) is 0 Å². The fourth-order valence-corrected chi connectivity index (χ4v) is 2.09. The number of carbonyl (C=O) groups excluding carboxylic acids is 2. The number of ether oxygens (including phenoxy) is 2. The van der Waals surface area contributed by atoms with Crippen molar-refractivity contribution < 1.29 is 23.5 Å². The van der Waals surface area contributed by atoms with E-state index in [0.717, 1.165) is 5.56 Å². The molecule has 0 spiro atoms. The third-order valence-corrected chi connectivity index (χ3v) is 3.35. The van der Waals surface area contributed by atoms with E-state index in [9.17, 15) is 14.0 Å². The van der Waals surface area contributed by atoms with E-state index in [1.807, 2.05) is 30.3 Å². The van der Waals surface area contributed by atoms with Crippen LogP contribution in [0, 0.1) is 11.7 Å². The Balaban J connectivity index is 2.03. The number of benzene rings is 2. The molecule has 2 aromatic carbocycles. The van der Waals surface area contributed by atoms with Crippen molar-refractivity contribution >= 4 is 11.9 Å². The monoisotopic (exact) mass is 316 g/mol. The van der Waals surface area contributed by atoms with Crippen molar-refractivity contribution in [3.63, 3.8) is 0 Å². The van der Waals surface area contributed by atoms with Crippen LogP contribution in [-0.4, -0.2) is 19.0 Å². The molecule has 4 nitrogen and oxygen atoms in total. The van der Waals surface area contributed by atoms with Crippen LogP contribution in [0.4, 0.5) is 4.39 Å². The number of halogens is 1. The Kier molecular flexibility index (Phi) is 5.86. The minimum atomic E-state index is -1.07. The number of esters is 2. The summed E-state index contributed by atoms with van der Waals surface area (Å²) in [6.07, 6.45) is 0.0978. The van der Waals surface area contributed by atoms with E-state index >= 15 is 0 Å². The van der Waals surface area contributed by atoms with Gasteiger partial charge in [0.1, 0.15) is 12.4 Å². The molecular formula is C18H17FO4. The van der Waals surface area contributed by atoms with E-state index in [1.165, 1.54) is 31.4 Å². The van der Waals surface area contributed by atoms with Gasteiger partial charge in [-0.3, -0.25) is 9.59 Å². The van der Waals surface area contributed by atoms with Crippen LogP contribution in [0.25, 0.3) is 0 Å². The fourth-order valence-electron chi connectivity index (χ4n) is 2.09. The molecule has 0 bridgehead atoms.